The Morgan fingerprint density at radius 3 is 2.00 bits per heavy atom. The lowest BCUT2D eigenvalue weighted by Crippen LogP contribution is -2.19. The number of hydrogen-bond acceptors (Lipinski definition) is 0. The monoisotopic (exact) mass is 170 g/mol. The lowest BCUT2D eigenvalue weighted by molar-refractivity contribution is 0.0653. The van der Waals surface area contributed by atoms with E-state index in [1.165, 1.54) is 6.08 Å². The number of halogens is 4. The van der Waals surface area contributed by atoms with Crippen LogP contribution in [0.3, 0.4) is 0 Å². The highest BCUT2D eigenvalue weighted by atomic mass is 19.3. The summed E-state index contributed by atoms with van der Waals surface area (Å²) in [6.07, 6.45) is -6.78. The average Bonchev–Trinajstić information content (AvgIpc) is 1.86. The zero-order valence-electron chi connectivity index (χ0n) is 5.94. The molecule has 0 aromatic carbocycles. The summed E-state index contributed by atoms with van der Waals surface area (Å²) >= 11 is 0. The van der Waals surface area contributed by atoms with Crippen molar-refractivity contribution in [3.05, 3.63) is 12.7 Å². The van der Waals surface area contributed by atoms with Crippen LogP contribution in [0, 0.1) is 0 Å². The Labute approximate surface area is 62.9 Å². The summed E-state index contributed by atoms with van der Waals surface area (Å²) in [7, 11) is 0. The Hall–Kier alpha value is -0.540. The third-order valence-electron chi connectivity index (χ3n) is 1.19. The molecule has 66 valence electrons. The molecule has 0 amide bonds. The Bertz CT molecular complexity index is 113. The normalized spacial score (nSPS) is 16.5. The Morgan fingerprint density at radius 1 is 1.09 bits per heavy atom. The molecular weight excluding hydrogens is 160 g/mol. The lowest BCUT2D eigenvalue weighted by atomic mass is 10.1. The van der Waals surface area contributed by atoms with Crippen LogP contribution in [0.25, 0.3) is 0 Å². The summed E-state index contributed by atoms with van der Waals surface area (Å²) < 4.78 is 47.6. The van der Waals surface area contributed by atoms with Crippen molar-refractivity contribution in [1.29, 1.82) is 0 Å². The zero-order valence-corrected chi connectivity index (χ0v) is 5.94. The molecule has 0 aromatic heterocycles. The van der Waals surface area contributed by atoms with E-state index in [0.717, 1.165) is 0 Å². The molecule has 0 bridgehead atoms. The van der Waals surface area contributed by atoms with Gasteiger partial charge in [-0.3, -0.25) is 0 Å². The maximum Gasteiger partial charge on any atom is 0.241 e. The van der Waals surface area contributed by atoms with Gasteiger partial charge in [0.05, 0.1) is 0 Å². The minimum Gasteiger partial charge on any atom is -0.244 e. The third kappa shape index (κ3) is 4.81. The molecule has 0 nitrogen and oxygen atoms in total. The minimum absolute atomic E-state index is 0.214. The first-order valence-electron chi connectivity index (χ1n) is 3.25. The second-order valence-corrected chi connectivity index (χ2v) is 2.18. The molecule has 0 aliphatic heterocycles. The molecule has 0 spiro atoms. The first-order valence-corrected chi connectivity index (χ1v) is 3.25. The summed E-state index contributed by atoms with van der Waals surface area (Å²) in [4.78, 5) is 0. The highest BCUT2D eigenvalue weighted by molar-refractivity contribution is 4.78. The van der Waals surface area contributed by atoms with Gasteiger partial charge < -0.3 is 0 Å². The molecule has 4 heteroatoms. The number of alkyl halides is 4. The smallest absolute Gasteiger partial charge is 0.241 e. The van der Waals surface area contributed by atoms with Crippen LogP contribution in [0.4, 0.5) is 17.6 Å². The van der Waals surface area contributed by atoms with Crippen molar-refractivity contribution in [2.75, 3.05) is 0 Å². The number of allylic oxidation sites excluding steroid dienone is 1. The van der Waals surface area contributed by atoms with Crippen molar-refractivity contribution in [3.8, 4) is 0 Å². The Kier molecular flexibility index (Phi) is 4.90. The van der Waals surface area contributed by atoms with E-state index < -0.39 is 25.2 Å². The van der Waals surface area contributed by atoms with Crippen LogP contribution in [-0.2, 0) is 0 Å². The lowest BCUT2D eigenvalue weighted by Gasteiger charge is -2.10. The highest BCUT2D eigenvalue weighted by Crippen LogP contribution is 2.16. The SMILES string of the molecule is C=CCC(F)C(F)CC(F)F. The van der Waals surface area contributed by atoms with E-state index in [1.54, 1.807) is 0 Å². The Morgan fingerprint density at radius 2 is 1.64 bits per heavy atom. The fourth-order valence-electron chi connectivity index (χ4n) is 0.625. The molecule has 11 heavy (non-hydrogen) atoms. The van der Waals surface area contributed by atoms with Crippen molar-refractivity contribution in [3.63, 3.8) is 0 Å². The first kappa shape index (κ1) is 10.5. The second kappa shape index (κ2) is 5.16. The van der Waals surface area contributed by atoms with E-state index in [4.69, 9.17) is 0 Å². The molecule has 0 aliphatic rings. The molecule has 2 unspecified atom stereocenters. The summed E-state index contributed by atoms with van der Waals surface area (Å²) in [6.45, 7) is 3.17. The molecule has 0 saturated heterocycles. The maximum atomic E-state index is 12.4. The van der Waals surface area contributed by atoms with Gasteiger partial charge >= 0.3 is 0 Å². The van der Waals surface area contributed by atoms with Gasteiger partial charge in [0.2, 0.25) is 6.43 Å². The predicted octanol–water partition coefficient (Wildman–Crippen LogP) is 2.89. The molecule has 0 aliphatic carbocycles. The molecule has 0 radical (unpaired) electrons. The fourth-order valence-corrected chi connectivity index (χ4v) is 0.625. The molecule has 0 rings (SSSR count). The van der Waals surface area contributed by atoms with Crippen molar-refractivity contribution in [1.82, 2.24) is 0 Å². The van der Waals surface area contributed by atoms with Gasteiger partial charge in [0.15, 0.2) is 0 Å². The van der Waals surface area contributed by atoms with Gasteiger partial charge in [-0.1, -0.05) is 6.08 Å². The van der Waals surface area contributed by atoms with E-state index in [1.807, 2.05) is 0 Å². The largest absolute Gasteiger partial charge is 0.244 e. The van der Waals surface area contributed by atoms with E-state index in [0.29, 0.717) is 0 Å². The van der Waals surface area contributed by atoms with Crippen molar-refractivity contribution in [2.24, 2.45) is 0 Å². The van der Waals surface area contributed by atoms with Crippen molar-refractivity contribution < 1.29 is 17.6 Å². The maximum absolute atomic E-state index is 12.4. The quantitative estimate of drug-likeness (QED) is 0.439. The van der Waals surface area contributed by atoms with Crippen LogP contribution in [0.5, 0.6) is 0 Å². The van der Waals surface area contributed by atoms with Crippen molar-refractivity contribution in [2.45, 2.75) is 31.6 Å². The van der Waals surface area contributed by atoms with Crippen LogP contribution in [0.15, 0.2) is 12.7 Å². The molecule has 2 atom stereocenters. The van der Waals surface area contributed by atoms with E-state index in [2.05, 4.69) is 6.58 Å². The van der Waals surface area contributed by atoms with Gasteiger partial charge in [0, 0.05) is 6.42 Å². The molecule has 0 N–H and O–H groups in total. The Balaban J connectivity index is 3.62. The van der Waals surface area contributed by atoms with Gasteiger partial charge in [0.1, 0.15) is 12.3 Å². The molecule has 0 fully saturated rings. The van der Waals surface area contributed by atoms with Crippen LogP contribution >= 0.6 is 0 Å². The zero-order chi connectivity index (χ0) is 8.85. The highest BCUT2D eigenvalue weighted by Gasteiger charge is 2.22. The first-order chi connectivity index (χ1) is 5.07. The summed E-state index contributed by atoms with van der Waals surface area (Å²) in [6, 6.07) is 0. The van der Waals surface area contributed by atoms with Gasteiger partial charge in [0.25, 0.3) is 0 Å². The van der Waals surface area contributed by atoms with Crippen LogP contribution in [-0.4, -0.2) is 18.8 Å². The molecular formula is C7H10F4. The summed E-state index contributed by atoms with van der Waals surface area (Å²) in [5.41, 5.74) is 0. The molecule has 0 saturated carbocycles. The molecule has 0 heterocycles. The van der Waals surface area contributed by atoms with E-state index in [9.17, 15) is 17.6 Å². The molecule has 0 aromatic rings. The van der Waals surface area contributed by atoms with Crippen LogP contribution in [0.2, 0.25) is 0 Å². The van der Waals surface area contributed by atoms with Crippen LogP contribution < -0.4 is 0 Å². The summed E-state index contributed by atoms with van der Waals surface area (Å²) in [5.74, 6) is 0. The second-order valence-electron chi connectivity index (χ2n) is 2.18. The van der Waals surface area contributed by atoms with E-state index in [-0.39, 0.29) is 6.42 Å². The summed E-state index contributed by atoms with van der Waals surface area (Å²) in [5, 5.41) is 0. The van der Waals surface area contributed by atoms with E-state index >= 15 is 0 Å². The fraction of sp³-hybridized carbons (Fsp3) is 0.714. The van der Waals surface area contributed by atoms with Gasteiger partial charge in [-0.15, -0.1) is 6.58 Å². The van der Waals surface area contributed by atoms with Crippen LogP contribution in [0.1, 0.15) is 12.8 Å². The predicted molar refractivity (Wildman–Crippen MR) is 35.2 cm³/mol. The van der Waals surface area contributed by atoms with Gasteiger partial charge in [-0.2, -0.15) is 0 Å². The van der Waals surface area contributed by atoms with Gasteiger partial charge in [-0.25, -0.2) is 17.6 Å². The number of rotatable bonds is 5. The van der Waals surface area contributed by atoms with Gasteiger partial charge in [-0.05, 0) is 6.42 Å². The topological polar surface area (TPSA) is 0 Å². The van der Waals surface area contributed by atoms with Crippen molar-refractivity contribution >= 4 is 0 Å². The standard InChI is InChI=1S/C7H10F4/c1-2-3-5(8)6(9)4-7(10)11/h2,5-7H,1,3-4H2. The third-order valence-corrected chi connectivity index (χ3v) is 1.19. The number of hydrogen-bond donors (Lipinski definition) is 0. The minimum atomic E-state index is -2.78. The average molecular weight is 170 g/mol.